The van der Waals surface area contributed by atoms with Crippen molar-refractivity contribution in [2.24, 2.45) is 7.05 Å². The summed E-state index contributed by atoms with van der Waals surface area (Å²) in [5, 5.41) is 6.77. The van der Waals surface area contributed by atoms with Crippen molar-refractivity contribution < 1.29 is 26.7 Å². The fourth-order valence-corrected chi connectivity index (χ4v) is 0.709. The number of aromatic amines is 1. The van der Waals surface area contributed by atoms with E-state index in [0.717, 1.165) is 5.69 Å². The summed E-state index contributed by atoms with van der Waals surface area (Å²) in [4.78, 5) is 0. The van der Waals surface area contributed by atoms with E-state index in [1.54, 1.807) is 11.8 Å². The molecule has 4 nitrogen and oxygen atoms in total. The second kappa shape index (κ2) is 5.69. The van der Waals surface area contributed by atoms with E-state index < -0.39 is 7.25 Å². The molecule has 0 radical (unpaired) electrons. The third kappa shape index (κ3) is 7.92. The van der Waals surface area contributed by atoms with Crippen LogP contribution in [0.25, 0.3) is 0 Å². The highest BCUT2D eigenvalue weighted by Gasteiger charge is 2.20. The third-order valence-corrected chi connectivity index (χ3v) is 1.43. The Balaban J connectivity index is 0.000000336. The minimum absolute atomic E-state index is 0.0671. The third-order valence-electron chi connectivity index (χ3n) is 1.43. The van der Waals surface area contributed by atoms with E-state index in [2.05, 4.69) is 10.3 Å². The predicted octanol–water partition coefficient (Wildman–Crippen LogP) is 1.24. The number of nitrogens with zero attached hydrogens (tertiary/aromatic N) is 2. The second-order valence-corrected chi connectivity index (χ2v) is 2.75. The fraction of sp³-hybridized carbons (Fsp3) is 0.667. The van der Waals surface area contributed by atoms with E-state index in [-0.39, 0.29) is 6.10 Å². The lowest BCUT2D eigenvalue weighted by atomic mass is 10.3. The lowest BCUT2D eigenvalue weighted by Gasteiger charge is -1.97. The van der Waals surface area contributed by atoms with Gasteiger partial charge in [0.05, 0.1) is 0 Å². The average Bonchev–Trinajstić information content (AvgIpc) is 2.47. The highest BCUT2D eigenvalue weighted by atomic mass is 19.5. The number of aromatic nitrogens is 3. The number of nitrogens with one attached hydrogen (secondary N) is 1. The van der Waals surface area contributed by atoms with Crippen LogP contribution in [0.5, 0.6) is 0 Å². The van der Waals surface area contributed by atoms with Crippen LogP contribution in [0, 0.1) is 0 Å². The van der Waals surface area contributed by atoms with Gasteiger partial charge >= 0.3 is 7.25 Å². The summed E-state index contributed by atoms with van der Waals surface area (Å²) in [6.07, 6.45) is 1.96. The van der Waals surface area contributed by atoms with Gasteiger partial charge in [0.25, 0.3) is 0 Å². The first-order valence-electron chi connectivity index (χ1n) is 4.05. The number of methoxy groups -OCH3 is 1. The number of hydrogen-bond acceptors (Lipinski definition) is 2. The van der Waals surface area contributed by atoms with Gasteiger partial charge in [0.1, 0.15) is 13.2 Å². The summed E-state index contributed by atoms with van der Waals surface area (Å²) >= 11 is 0. The number of ether oxygens (including phenoxy) is 1. The Morgan fingerprint density at radius 2 is 1.93 bits per heavy atom. The minimum atomic E-state index is -6.00. The van der Waals surface area contributed by atoms with E-state index in [9.17, 15) is 17.3 Å². The topological polar surface area (TPSA) is 41.8 Å². The molecule has 15 heavy (non-hydrogen) atoms. The van der Waals surface area contributed by atoms with Gasteiger partial charge in [-0.2, -0.15) is 4.68 Å². The van der Waals surface area contributed by atoms with Crippen LogP contribution >= 0.6 is 0 Å². The molecular formula is C6H12BF4N3O. The second-order valence-electron chi connectivity index (χ2n) is 2.75. The molecule has 9 heteroatoms. The molecule has 1 aromatic rings. The van der Waals surface area contributed by atoms with Gasteiger partial charge in [-0.15, -0.1) is 0 Å². The molecule has 0 bridgehead atoms. The maximum absolute atomic E-state index is 9.75. The number of H-pyrrole nitrogens is 1. The molecule has 0 aliphatic carbocycles. The van der Waals surface area contributed by atoms with Crippen molar-refractivity contribution >= 4 is 7.25 Å². The Kier molecular flexibility index (Phi) is 5.27. The fourth-order valence-electron chi connectivity index (χ4n) is 0.709. The zero-order valence-electron chi connectivity index (χ0n) is 8.55. The minimum Gasteiger partial charge on any atom is -0.418 e. The van der Waals surface area contributed by atoms with Crippen LogP contribution in [0.4, 0.5) is 17.3 Å². The molecule has 1 N–H and O–H groups in total. The van der Waals surface area contributed by atoms with E-state index in [1.807, 2.05) is 20.2 Å². The van der Waals surface area contributed by atoms with Crippen LogP contribution in [0.15, 0.2) is 6.20 Å². The number of hydrogen-bond donors (Lipinski definition) is 1. The molecule has 0 aromatic carbocycles. The standard InChI is InChI=1S/C6H11N3O.BF4/c1-5(10-3)6-4-9(2)8-7-6;2-1(3,4)5/h4-5H,1-3H3;/q;-1/p+1. The summed E-state index contributed by atoms with van der Waals surface area (Å²) in [7, 11) is -2.45. The van der Waals surface area contributed by atoms with Gasteiger partial charge in [-0.1, -0.05) is 5.21 Å². The maximum Gasteiger partial charge on any atom is 0.673 e. The number of halogens is 4. The highest BCUT2D eigenvalue weighted by molar-refractivity contribution is 6.50. The first-order valence-corrected chi connectivity index (χ1v) is 4.05. The smallest absolute Gasteiger partial charge is 0.418 e. The Morgan fingerprint density at radius 3 is 2.20 bits per heavy atom. The number of rotatable bonds is 2. The predicted molar refractivity (Wildman–Crippen MR) is 45.4 cm³/mol. The van der Waals surface area contributed by atoms with Crippen molar-refractivity contribution in [3.8, 4) is 0 Å². The van der Waals surface area contributed by atoms with Crippen LogP contribution in [0.2, 0.25) is 0 Å². The van der Waals surface area contributed by atoms with Gasteiger partial charge in [-0.3, -0.25) is 0 Å². The van der Waals surface area contributed by atoms with E-state index in [1.165, 1.54) is 0 Å². The van der Waals surface area contributed by atoms with Gasteiger partial charge < -0.3 is 22.0 Å². The van der Waals surface area contributed by atoms with Crippen molar-refractivity contribution in [3.63, 3.8) is 0 Å². The van der Waals surface area contributed by atoms with Crippen LogP contribution in [-0.2, 0) is 11.8 Å². The molecule has 0 amide bonds. The first kappa shape index (κ1) is 13.9. The maximum atomic E-state index is 9.75. The zero-order valence-corrected chi connectivity index (χ0v) is 8.55. The van der Waals surface area contributed by atoms with E-state index in [0.29, 0.717) is 0 Å². The molecule has 0 spiro atoms. The highest BCUT2D eigenvalue weighted by Crippen LogP contribution is 2.08. The molecule has 0 aliphatic rings. The zero-order chi connectivity index (χ0) is 12.1. The van der Waals surface area contributed by atoms with E-state index >= 15 is 0 Å². The van der Waals surface area contributed by atoms with Crippen molar-refractivity contribution in [1.82, 2.24) is 10.3 Å². The SMILES string of the molecule is COC(C)c1c[n+](C)[nH]n1.F[B-](F)(F)F. The van der Waals surface area contributed by atoms with Gasteiger partial charge in [-0.05, 0) is 6.92 Å². The lowest BCUT2D eigenvalue weighted by Crippen LogP contribution is -2.28. The molecule has 1 unspecified atom stereocenters. The van der Waals surface area contributed by atoms with Crippen molar-refractivity contribution in [2.45, 2.75) is 13.0 Å². The number of aryl methyl sites for hydroxylation is 1. The molecule has 88 valence electrons. The van der Waals surface area contributed by atoms with Gasteiger partial charge in [0.15, 0.2) is 6.20 Å². The summed E-state index contributed by atoms with van der Waals surface area (Å²) in [5.41, 5.74) is 0.921. The van der Waals surface area contributed by atoms with Crippen LogP contribution in [0.1, 0.15) is 18.7 Å². The largest absolute Gasteiger partial charge is 0.673 e. The molecule has 0 fully saturated rings. The first-order chi connectivity index (χ1) is 6.74. The quantitative estimate of drug-likeness (QED) is 0.471. The van der Waals surface area contributed by atoms with Crippen molar-refractivity contribution in [3.05, 3.63) is 11.9 Å². The van der Waals surface area contributed by atoms with Crippen molar-refractivity contribution in [2.75, 3.05) is 7.11 Å². The Bertz CT molecular complexity index is 284. The Morgan fingerprint density at radius 1 is 1.47 bits per heavy atom. The van der Waals surface area contributed by atoms with Gasteiger partial charge in [0, 0.05) is 12.2 Å². The monoisotopic (exact) mass is 229 g/mol. The summed E-state index contributed by atoms with van der Waals surface area (Å²) in [6.45, 7) is 1.95. The van der Waals surface area contributed by atoms with Crippen molar-refractivity contribution in [1.29, 1.82) is 0 Å². The molecule has 1 atom stereocenters. The van der Waals surface area contributed by atoms with Gasteiger partial charge in [0.2, 0.25) is 5.69 Å². The average molecular weight is 229 g/mol. The normalized spacial score (nSPS) is 13.0. The van der Waals surface area contributed by atoms with Crippen LogP contribution in [0.3, 0.4) is 0 Å². The molecular weight excluding hydrogens is 217 g/mol. The summed E-state index contributed by atoms with van der Waals surface area (Å²) in [5.74, 6) is 0. The molecule has 0 saturated carbocycles. The van der Waals surface area contributed by atoms with E-state index in [4.69, 9.17) is 4.74 Å². The molecule has 1 rings (SSSR count). The molecule has 1 aromatic heterocycles. The molecule has 0 saturated heterocycles. The van der Waals surface area contributed by atoms with Crippen LogP contribution < -0.4 is 4.68 Å². The Hall–Kier alpha value is -1.12. The summed E-state index contributed by atoms with van der Waals surface area (Å²) in [6, 6.07) is 0. The van der Waals surface area contributed by atoms with Gasteiger partial charge in [-0.25, -0.2) is 0 Å². The Labute approximate surface area is 84.3 Å². The lowest BCUT2D eigenvalue weighted by molar-refractivity contribution is -0.730. The molecule has 1 heterocycles. The molecule has 0 aliphatic heterocycles. The van der Waals surface area contributed by atoms with Crippen LogP contribution in [-0.4, -0.2) is 24.7 Å². The summed E-state index contributed by atoms with van der Waals surface area (Å²) < 4.78 is 45.8.